The maximum atomic E-state index is 10.5. The summed E-state index contributed by atoms with van der Waals surface area (Å²) in [6, 6.07) is 9.53. The molecule has 1 N–H and O–H groups in total. The molecule has 0 amide bonds. The van der Waals surface area contributed by atoms with E-state index in [0.29, 0.717) is 5.88 Å². The van der Waals surface area contributed by atoms with Gasteiger partial charge in [0.1, 0.15) is 5.75 Å². The summed E-state index contributed by atoms with van der Waals surface area (Å²) in [6.07, 6.45) is 4.16. The Hall–Kier alpha value is -2.62. The highest BCUT2D eigenvalue weighted by atomic mass is 16.5. The molecule has 0 atom stereocenters. The number of ether oxygens (including phenoxy) is 1. The van der Waals surface area contributed by atoms with E-state index in [4.69, 9.17) is 9.84 Å². The number of nitrogens with zero attached hydrogens (tertiary/aromatic N) is 1. The van der Waals surface area contributed by atoms with Crippen LogP contribution in [-0.4, -0.2) is 16.1 Å². The van der Waals surface area contributed by atoms with Gasteiger partial charge in [-0.2, -0.15) is 0 Å². The molecule has 1 heterocycles. The molecule has 0 fully saturated rings. The van der Waals surface area contributed by atoms with Crippen LogP contribution in [0.4, 0.5) is 0 Å². The Morgan fingerprint density at radius 2 is 1.95 bits per heavy atom. The zero-order chi connectivity index (χ0) is 14.5. The maximum absolute atomic E-state index is 10.5. The predicted molar refractivity (Wildman–Crippen MR) is 76.9 cm³/mol. The Balaban J connectivity index is 2.17. The number of aromatic nitrogens is 1. The molecular formula is C16H15NO3. The number of aryl methyl sites for hydroxylation is 2. The van der Waals surface area contributed by atoms with Crippen molar-refractivity contribution in [2.45, 2.75) is 13.8 Å². The van der Waals surface area contributed by atoms with Crippen molar-refractivity contribution in [1.29, 1.82) is 0 Å². The molecule has 0 aliphatic heterocycles. The Bertz CT molecular complexity index is 645. The summed E-state index contributed by atoms with van der Waals surface area (Å²) >= 11 is 0. The summed E-state index contributed by atoms with van der Waals surface area (Å²) in [5.41, 5.74) is 2.73. The quantitative estimate of drug-likeness (QED) is 0.862. The summed E-state index contributed by atoms with van der Waals surface area (Å²) in [5.74, 6) is 0.254. The molecule has 0 spiro atoms. The van der Waals surface area contributed by atoms with Crippen molar-refractivity contribution < 1.29 is 14.6 Å². The van der Waals surface area contributed by atoms with Crippen LogP contribution in [0, 0.1) is 13.8 Å². The van der Waals surface area contributed by atoms with E-state index in [0.717, 1.165) is 28.5 Å². The van der Waals surface area contributed by atoms with E-state index >= 15 is 0 Å². The molecular weight excluding hydrogens is 254 g/mol. The molecule has 1 aromatic carbocycles. The van der Waals surface area contributed by atoms with Crippen LogP contribution in [0.2, 0.25) is 0 Å². The highest BCUT2D eigenvalue weighted by Crippen LogP contribution is 2.23. The van der Waals surface area contributed by atoms with Crippen LogP contribution in [0.5, 0.6) is 11.6 Å². The Morgan fingerprint density at radius 1 is 1.25 bits per heavy atom. The Labute approximate surface area is 117 Å². The molecule has 4 nitrogen and oxygen atoms in total. The van der Waals surface area contributed by atoms with Crippen LogP contribution >= 0.6 is 0 Å². The van der Waals surface area contributed by atoms with Crippen LogP contribution in [0.25, 0.3) is 6.08 Å². The minimum absolute atomic E-state index is 0.515. The zero-order valence-electron chi connectivity index (χ0n) is 11.3. The van der Waals surface area contributed by atoms with Gasteiger partial charge in [-0.1, -0.05) is 17.7 Å². The van der Waals surface area contributed by atoms with Gasteiger partial charge in [-0.3, -0.25) is 0 Å². The van der Waals surface area contributed by atoms with E-state index in [9.17, 15) is 4.79 Å². The van der Waals surface area contributed by atoms with Crippen molar-refractivity contribution in [3.8, 4) is 11.6 Å². The monoisotopic (exact) mass is 269 g/mol. The van der Waals surface area contributed by atoms with Gasteiger partial charge in [0.2, 0.25) is 5.88 Å². The van der Waals surface area contributed by atoms with Gasteiger partial charge in [0.25, 0.3) is 0 Å². The van der Waals surface area contributed by atoms with E-state index in [2.05, 4.69) is 4.98 Å². The van der Waals surface area contributed by atoms with E-state index in [1.54, 1.807) is 6.20 Å². The molecule has 0 aliphatic carbocycles. The zero-order valence-corrected chi connectivity index (χ0v) is 11.3. The molecule has 0 unspecified atom stereocenters. The van der Waals surface area contributed by atoms with Gasteiger partial charge in [0.15, 0.2) is 0 Å². The highest BCUT2D eigenvalue weighted by molar-refractivity contribution is 5.85. The number of pyridine rings is 1. The Morgan fingerprint density at radius 3 is 2.55 bits per heavy atom. The SMILES string of the molecule is Cc1ccc(Oc2ncc(/C=C/C(=O)O)cc2C)cc1. The normalized spacial score (nSPS) is 10.7. The molecule has 4 heteroatoms. The van der Waals surface area contributed by atoms with Crippen LogP contribution in [-0.2, 0) is 4.79 Å². The molecule has 0 radical (unpaired) electrons. The van der Waals surface area contributed by atoms with Crippen molar-refractivity contribution in [2.24, 2.45) is 0 Å². The summed E-state index contributed by atoms with van der Waals surface area (Å²) in [7, 11) is 0. The lowest BCUT2D eigenvalue weighted by Gasteiger charge is -2.08. The fourth-order valence-corrected chi connectivity index (χ4v) is 1.67. The van der Waals surface area contributed by atoms with Crippen LogP contribution in [0.15, 0.2) is 42.6 Å². The van der Waals surface area contributed by atoms with Gasteiger partial charge in [-0.15, -0.1) is 0 Å². The smallest absolute Gasteiger partial charge is 0.328 e. The van der Waals surface area contributed by atoms with Crippen LogP contribution in [0.1, 0.15) is 16.7 Å². The van der Waals surface area contributed by atoms with Crippen molar-refractivity contribution in [3.05, 3.63) is 59.3 Å². The summed E-state index contributed by atoms with van der Waals surface area (Å²) in [4.78, 5) is 14.7. The van der Waals surface area contributed by atoms with Crippen molar-refractivity contribution in [3.63, 3.8) is 0 Å². The van der Waals surface area contributed by atoms with Gasteiger partial charge in [0.05, 0.1) is 0 Å². The largest absolute Gasteiger partial charge is 0.478 e. The van der Waals surface area contributed by atoms with Gasteiger partial charge < -0.3 is 9.84 Å². The van der Waals surface area contributed by atoms with E-state index in [1.165, 1.54) is 6.08 Å². The first-order valence-electron chi connectivity index (χ1n) is 6.17. The second-order valence-corrected chi connectivity index (χ2v) is 4.48. The third kappa shape index (κ3) is 3.68. The number of carboxylic acid groups (broad SMARTS) is 1. The summed E-state index contributed by atoms with van der Waals surface area (Å²) in [5, 5.41) is 8.58. The third-order valence-corrected chi connectivity index (χ3v) is 2.71. The maximum Gasteiger partial charge on any atom is 0.328 e. The number of hydrogen-bond donors (Lipinski definition) is 1. The number of aliphatic carboxylic acids is 1. The topological polar surface area (TPSA) is 59.4 Å². The molecule has 0 saturated heterocycles. The minimum atomic E-state index is -0.984. The van der Waals surface area contributed by atoms with E-state index in [1.807, 2.05) is 44.2 Å². The fourth-order valence-electron chi connectivity index (χ4n) is 1.67. The second-order valence-electron chi connectivity index (χ2n) is 4.48. The number of rotatable bonds is 4. The summed E-state index contributed by atoms with van der Waals surface area (Å²) in [6.45, 7) is 3.88. The number of carbonyl (C=O) groups is 1. The average molecular weight is 269 g/mol. The van der Waals surface area contributed by atoms with Crippen molar-refractivity contribution in [2.75, 3.05) is 0 Å². The number of carboxylic acids is 1. The van der Waals surface area contributed by atoms with Crippen molar-refractivity contribution >= 4 is 12.0 Å². The minimum Gasteiger partial charge on any atom is -0.478 e. The number of hydrogen-bond acceptors (Lipinski definition) is 3. The van der Waals surface area contributed by atoms with E-state index < -0.39 is 5.97 Å². The molecule has 1 aromatic heterocycles. The Kier molecular flexibility index (Phi) is 4.15. The molecule has 102 valence electrons. The lowest BCUT2D eigenvalue weighted by Crippen LogP contribution is -1.92. The molecule has 0 bridgehead atoms. The molecule has 0 aliphatic rings. The van der Waals surface area contributed by atoms with Crippen LogP contribution in [0.3, 0.4) is 0 Å². The van der Waals surface area contributed by atoms with E-state index in [-0.39, 0.29) is 0 Å². The predicted octanol–water partition coefficient (Wildman–Crippen LogP) is 3.59. The van der Waals surface area contributed by atoms with Gasteiger partial charge in [-0.25, -0.2) is 9.78 Å². The average Bonchev–Trinajstić information content (AvgIpc) is 2.41. The lowest BCUT2D eigenvalue weighted by molar-refractivity contribution is -0.131. The van der Waals surface area contributed by atoms with Gasteiger partial charge in [0, 0.05) is 17.8 Å². The van der Waals surface area contributed by atoms with Gasteiger partial charge >= 0.3 is 5.97 Å². The van der Waals surface area contributed by atoms with Crippen molar-refractivity contribution in [1.82, 2.24) is 4.98 Å². The highest BCUT2D eigenvalue weighted by Gasteiger charge is 2.04. The molecule has 2 aromatic rings. The molecule has 2 rings (SSSR count). The first-order valence-corrected chi connectivity index (χ1v) is 6.17. The third-order valence-electron chi connectivity index (χ3n) is 2.71. The lowest BCUT2D eigenvalue weighted by atomic mass is 10.2. The van der Waals surface area contributed by atoms with Gasteiger partial charge in [-0.05, 0) is 43.7 Å². The standard InChI is InChI=1S/C16H15NO3/c1-11-3-6-14(7-4-11)20-16-12(2)9-13(10-17-16)5-8-15(18)19/h3-10H,1-2H3,(H,18,19)/b8-5+. The first kappa shape index (κ1) is 13.8. The second kappa shape index (κ2) is 6.02. The van der Waals surface area contributed by atoms with Crippen LogP contribution < -0.4 is 4.74 Å². The first-order chi connectivity index (χ1) is 9.54. The molecule has 0 saturated carbocycles. The number of benzene rings is 1. The summed E-state index contributed by atoms with van der Waals surface area (Å²) < 4.78 is 5.69. The fraction of sp³-hybridized carbons (Fsp3) is 0.125. The molecule has 20 heavy (non-hydrogen) atoms.